The number of nitriles is 1. The van der Waals surface area contributed by atoms with Gasteiger partial charge in [-0.2, -0.15) is 10.2 Å². The normalized spacial score (nSPS) is 10.0. The fourth-order valence-electron chi connectivity index (χ4n) is 1.70. The van der Waals surface area contributed by atoms with Crippen LogP contribution in [0.4, 0.5) is 10.2 Å². The molecule has 7 heteroatoms. The van der Waals surface area contributed by atoms with E-state index in [2.05, 4.69) is 15.4 Å². The van der Waals surface area contributed by atoms with Crippen LogP contribution in [0.15, 0.2) is 18.2 Å². The maximum atomic E-state index is 13.9. The molecule has 2 aromatic rings. The van der Waals surface area contributed by atoms with Crippen LogP contribution in [0.25, 0.3) is 0 Å². The van der Waals surface area contributed by atoms with Gasteiger partial charge in [-0.05, 0) is 25.1 Å². The van der Waals surface area contributed by atoms with Crippen molar-refractivity contribution in [2.45, 2.75) is 20.3 Å². The molecule has 0 fully saturated rings. The van der Waals surface area contributed by atoms with Gasteiger partial charge in [-0.3, -0.25) is 0 Å². The number of benzene rings is 1. The molecular weight excluding hydrogens is 273 g/mol. The summed E-state index contributed by atoms with van der Waals surface area (Å²) in [4.78, 5) is 8.42. The molecule has 0 unspecified atom stereocenters. The van der Waals surface area contributed by atoms with Gasteiger partial charge in [0.2, 0.25) is 5.88 Å². The second-order valence-corrected chi connectivity index (χ2v) is 4.28. The van der Waals surface area contributed by atoms with Gasteiger partial charge in [0, 0.05) is 6.42 Å². The van der Waals surface area contributed by atoms with E-state index in [1.54, 1.807) is 6.92 Å². The SMILES string of the molecule is CCc1nc(NN)c(C)c(Oc2ccc(C#N)cc2F)n1. The molecule has 0 saturated heterocycles. The maximum Gasteiger partial charge on any atom is 0.227 e. The number of anilines is 1. The summed E-state index contributed by atoms with van der Waals surface area (Å²) in [5, 5.41) is 8.72. The molecule has 0 saturated carbocycles. The highest BCUT2D eigenvalue weighted by Gasteiger charge is 2.14. The van der Waals surface area contributed by atoms with Crippen LogP contribution in [0.3, 0.4) is 0 Å². The van der Waals surface area contributed by atoms with Crippen molar-refractivity contribution in [2.75, 3.05) is 5.43 Å². The molecule has 0 radical (unpaired) electrons. The molecule has 0 bridgehead atoms. The Balaban J connectivity index is 2.42. The minimum atomic E-state index is -0.632. The molecule has 108 valence electrons. The quantitative estimate of drug-likeness (QED) is 0.662. The Kier molecular flexibility index (Phi) is 4.30. The molecular formula is C14H14FN5O. The summed E-state index contributed by atoms with van der Waals surface area (Å²) in [6.07, 6.45) is 0.584. The lowest BCUT2D eigenvalue weighted by atomic mass is 10.2. The summed E-state index contributed by atoms with van der Waals surface area (Å²) in [6, 6.07) is 5.82. The lowest BCUT2D eigenvalue weighted by molar-refractivity contribution is 0.421. The standard InChI is InChI=1S/C14H14FN5O/c1-3-12-18-13(20-17)8(2)14(19-12)21-11-5-4-9(7-16)6-10(11)15/h4-6H,3,17H2,1-2H3,(H,18,19,20). The Labute approximate surface area is 121 Å². The van der Waals surface area contributed by atoms with Crippen molar-refractivity contribution in [3.8, 4) is 17.7 Å². The first-order valence-electron chi connectivity index (χ1n) is 6.30. The van der Waals surface area contributed by atoms with Crippen LogP contribution in [0.2, 0.25) is 0 Å². The van der Waals surface area contributed by atoms with Gasteiger partial charge in [0.15, 0.2) is 11.6 Å². The van der Waals surface area contributed by atoms with Crippen molar-refractivity contribution in [2.24, 2.45) is 5.84 Å². The van der Waals surface area contributed by atoms with Gasteiger partial charge in [0.05, 0.1) is 17.2 Å². The average molecular weight is 287 g/mol. The van der Waals surface area contributed by atoms with Crippen LogP contribution in [-0.4, -0.2) is 9.97 Å². The number of hydrazine groups is 1. The van der Waals surface area contributed by atoms with E-state index in [1.165, 1.54) is 12.1 Å². The Morgan fingerprint density at radius 2 is 2.19 bits per heavy atom. The van der Waals surface area contributed by atoms with E-state index < -0.39 is 5.82 Å². The highest BCUT2D eigenvalue weighted by molar-refractivity contribution is 5.49. The third kappa shape index (κ3) is 3.07. The molecule has 0 aliphatic rings. The second-order valence-electron chi connectivity index (χ2n) is 4.28. The Morgan fingerprint density at radius 1 is 1.43 bits per heavy atom. The van der Waals surface area contributed by atoms with Crippen LogP contribution in [0, 0.1) is 24.1 Å². The first-order chi connectivity index (χ1) is 10.1. The van der Waals surface area contributed by atoms with E-state index in [9.17, 15) is 4.39 Å². The number of nitrogens with two attached hydrogens (primary N) is 1. The number of halogens is 1. The lowest BCUT2D eigenvalue weighted by Gasteiger charge is -2.12. The number of nitrogens with zero attached hydrogens (tertiary/aromatic N) is 3. The van der Waals surface area contributed by atoms with Crippen molar-refractivity contribution in [1.29, 1.82) is 5.26 Å². The largest absolute Gasteiger partial charge is 0.435 e. The molecule has 1 heterocycles. The monoisotopic (exact) mass is 287 g/mol. The van der Waals surface area contributed by atoms with E-state index in [1.807, 2.05) is 13.0 Å². The van der Waals surface area contributed by atoms with E-state index in [0.29, 0.717) is 23.6 Å². The molecule has 0 amide bonds. The summed E-state index contributed by atoms with van der Waals surface area (Å²) in [7, 11) is 0. The van der Waals surface area contributed by atoms with E-state index in [0.717, 1.165) is 6.07 Å². The van der Waals surface area contributed by atoms with Crippen molar-refractivity contribution in [3.63, 3.8) is 0 Å². The molecule has 0 aliphatic heterocycles. The summed E-state index contributed by atoms with van der Waals surface area (Å²) < 4.78 is 19.4. The van der Waals surface area contributed by atoms with Crippen molar-refractivity contribution < 1.29 is 9.13 Å². The van der Waals surface area contributed by atoms with Crippen molar-refractivity contribution in [1.82, 2.24) is 9.97 Å². The third-order valence-electron chi connectivity index (χ3n) is 2.87. The summed E-state index contributed by atoms with van der Waals surface area (Å²) in [5.41, 5.74) is 3.25. The molecule has 6 nitrogen and oxygen atoms in total. The van der Waals surface area contributed by atoms with Gasteiger partial charge < -0.3 is 10.2 Å². The zero-order valence-corrected chi connectivity index (χ0v) is 11.6. The zero-order valence-electron chi connectivity index (χ0n) is 11.6. The Hall–Kier alpha value is -2.72. The van der Waals surface area contributed by atoms with Gasteiger partial charge >= 0.3 is 0 Å². The van der Waals surface area contributed by atoms with E-state index in [-0.39, 0.29) is 17.2 Å². The number of nitrogen functional groups attached to an aromatic ring is 1. The average Bonchev–Trinajstić information content (AvgIpc) is 2.50. The number of aryl methyl sites for hydroxylation is 1. The predicted molar refractivity (Wildman–Crippen MR) is 75.1 cm³/mol. The molecule has 0 aliphatic carbocycles. The molecule has 2 rings (SSSR count). The van der Waals surface area contributed by atoms with Gasteiger partial charge in [-0.25, -0.2) is 15.2 Å². The van der Waals surface area contributed by atoms with Crippen molar-refractivity contribution >= 4 is 5.82 Å². The minimum Gasteiger partial charge on any atom is -0.435 e. The van der Waals surface area contributed by atoms with Crippen molar-refractivity contribution in [3.05, 3.63) is 41.0 Å². The summed E-state index contributed by atoms with van der Waals surface area (Å²) in [5.74, 6) is 5.92. The number of hydrogen-bond acceptors (Lipinski definition) is 6. The van der Waals surface area contributed by atoms with E-state index >= 15 is 0 Å². The topological polar surface area (TPSA) is 96.9 Å². The van der Waals surface area contributed by atoms with Crippen LogP contribution in [0.5, 0.6) is 11.6 Å². The summed E-state index contributed by atoms with van der Waals surface area (Å²) >= 11 is 0. The van der Waals surface area contributed by atoms with Crippen LogP contribution in [0.1, 0.15) is 23.9 Å². The lowest BCUT2D eigenvalue weighted by Crippen LogP contribution is -2.13. The smallest absolute Gasteiger partial charge is 0.227 e. The Morgan fingerprint density at radius 3 is 2.76 bits per heavy atom. The van der Waals surface area contributed by atoms with Crippen LogP contribution < -0.4 is 16.0 Å². The molecule has 21 heavy (non-hydrogen) atoms. The molecule has 3 N–H and O–H groups in total. The highest BCUT2D eigenvalue weighted by atomic mass is 19.1. The van der Waals surface area contributed by atoms with Gasteiger partial charge in [0.25, 0.3) is 0 Å². The first-order valence-corrected chi connectivity index (χ1v) is 6.30. The minimum absolute atomic E-state index is 0.0131. The fraction of sp³-hybridized carbons (Fsp3) is 0.214. The number of hydrogen-bond donors (Lipinski definition) is 2. The molecule has 1 aromatic carbocycles. The van der Waals surface area contributed by atoms with Crippen LogP contribution >= 0.6 is 0 Å². The molecule has 1 aromatic heterocycles. The van der Waals surface area contributed by atoms with E-state index in [4.69, 9.17) is 15.8 Å². The second kappa shape index (κ2) is 6.15. The predicted octanol–water partition coefficient (Wildman–Crippen LogP) is 2.44. The highest BCUT2D eigenvalue weighted by Crippen LogP contribution is 2.29. The first kappa shape index (κ1) is 14.7. The van der Waals surface area contributed by atoms with Gasteiger partial charge in [-0.1, -0.05) is 6.92 Å². The fourth-order valence-corrected chi connectivity index (χ4v) is 1.70. The molecule has 0 atom stereocenters. The van der Waals surface area contributed by atoms with Crippen LogP contribution in [-0.2, 0) is 6.42 Å². The number of ether oxygens (including phenoxy) is 1. The zero-order chi connectivity index (χ0) is 15.4. The third-order valence-corrected chi connectivity index (χ3v) is 2.87. The number of nitrogens with one attached hydrogen (secondary N) is 1. The maximum absolute atomic E-state index is 13.9. The van der Waals surface area contributed by atoms with Gasteiger partial charge in [0.1, 0.15) is 11.6 Å². The summed E-state index contributed by atoms with van der Waals surface area (Å²) in [6.45, 7) is 3.60. The van der Waals surface area contributed by atoms with Gasteiger partial charge in [-0.15, -0.1) is 0 Å². The number of aromatic nitrogens is 2. The molecule has 0 spiro atoms. The number of rotatable bonds is 4. The Bertz CT molecular complexity index is 711.